The Kier molecular flexibility index (Phi) is 10.1. The number of aromatic hydroxyl groups is 1. The minimum Gasteiger partial charge on any atom is -0.507 e. The number of aryl methyl sites for hydroxylation is 1. The second kappa shape index (κ2) is 14.6. The summed E-state index contributed by atoms with van der Waals surface area (Å²) < 4.78 is 7.71. The van der Waals surface area contributed by atoms with Crippen molar-refractivity contribution in [3.8, 4) is 17.2 Å². The molecule has 0 fully saturated rings. The molecule has 0 aliphatic carbocycles. The van der Waals surface area contributed by atoms with Gasteiger partial charge in [-0.2, -0.15) is 0 Å². The lowest BCUT2D eigenvalue weighted by Gasteiger charge is -2.19. The van der Waals surface area contributed by atoms with Gasteiger partial charge >= 0.3 is 0 Å². The number of hydrogen-bond acceptors (Lipinski definition) is 6. The molecule has 8 heteroatoms. The van der Waals surface area contributed by atoms with Gasteiger partial charge in [-0.05, 0) is 61.6 Å². The first kappa shape index (κ1) is 29.9. The lowest BCUT2D eigenvalue weighted by atomic mass is 9.93. The van der Waals surface area contributed by atoms with Gasteiger partial charge in [0.2, 0.25) is 0 Å². The highest BCUT2D eigenvalue weighted by Crippen LogP contribution is 2.33. The Hall–Kier alpha value is -4.56. The molecule has 1 atom stereocenters. The number of thioether (sulfide) groups is 1. The number of carbonyl (C=O) groups is 1. The van der Waals surface area contributed by atoms with Gasteiger partial charge in [0.1, 0.15) is 17.3 Å². The first-order valence-electron chi connectivity index (χ1n) is 14.4. The summed E-state index contributed by atoms with van der Waals surface area (Å²) in [4.78, 5) is 12.7. The van der Waals surface area contributed by atoms with Crippen molar-refractivity contribution in [1.82, 2.24) is 20.1 Å². The summed E-state index contributed by atoms with van der Waals surface area (Å²) in [6.07, 6.45) is 2.28. The predicted molar refractivity (Wildman–Crippen MR) is 171 cm³/mol. The van der Waals surface area contributed by atoms with E-state index in [2.05, 4.69) is 71.4 Å². The highest BCUT2D eigenvalue weighted by atomic mass is 32.2. The molecule has 1 heterocycles. The number of nitrogens with one attached hydrogen (secondary N) is 1. The van der Waals surface area contributed by atoms with Crippen LogP contribution in [0.25, 0.3) is 5.69 Å². The number of rotatable bonds is 13. The lowest BCUT2D eigenvalue weighted by Crippen LogP contribution is -2.25. The topological polar surface area (TPSA) is 89.3 Å². The maximum atomic E-state index is 12.7. The van der Waals surface area contributed by atoms with Crippen LogP contribution in [0.2, 0.25) is 0 Å². The van der Waals surface area contributed by atoms with Crippen molar-refractivity contribution in [2.75, 3.05) is 13.7 Å². The van der Waals surface area contributed by atoms with E-state index in [1.54, 1.807) is 37.1 Å². The van der Waals surface area contributed by atoms with Gasteiger partial charge in [-0.3, -0.25) is 9.36 Å². The van der Waals surface area contributed by atoms with E-state index in [-0.39, 0.29) is 23.1 Å². The molecule has 0 aliphatic heterocycles. The fourth-order valence-electron chi connectivity index (χ4n) is 5.11. The van der Waals surface area contributed by atoms with Crippen LogP contribution in [-0.2, 0) is 12.2 Å². The Bertz CT molecular complexity index is 1650. The second-order valence-corrected chi connectivity index (χ2v) is 11.4. The summed E-state index contributed by atoms with van der Waals surface area (Å²) in [5, 5.41) is 23.3. The van der Waals surface area contributed by atoms with Crippen LogP contribution in [-0.4, -0.2) is 39.4 Å². The van der Waals surface area contributed by atoms with E-state index in [4.69, 9.17) is 14.9 Å². The second-order valence-electron chi connectivity index (χ2n) is 10.5. The minimum absolute atomic E-state index is 0.0240. The molecule has 1 unspecified atom stereocenters. The number of methoxy groups -OCH3 is 1. The molecule has 220 valence electrons. The average molecular weight is 593 g/mol. The van der Waals surface area contributed by atoms with E-state index in [0.29, 0.717) is 6.54 Å². The smallest absolute Gasteiger partial charge is 0.255 e. The van der Waals surface area contributed by atoms with Gasteiger partial charge < -0.3 is 15.2 Å². The zero-order valence-corrected chi connectivity index (χ0v) is 25.3. The van der Waals surface area contributed by atoms with E-state index in [1.807, 2.05) is 24.3 Å². The third-order valence-corrected chi connectivity index (χ3v) is 8.27. The quantitative estimate of drug-likeness (QED) is 0.112. The van der Waals surface area contributed by atoms with Crippen LogP contribution < -0.4 is 10.1 Å². The van der Waals surface area contributed by atoms with Gasteiger partial charge in [0, 0.05) is 24.3 Å². The number of nitrogens with zero attached hydrogens (tertiary/aromatic N) is 3. The molecule has 0 aliphatic rings. The van der Waals surface area contributed by atoms with Crippen LogP contribution in [0.1, 0.15) is 51.6 Å². The molecule has 1 amide bonds. The molecule has 5 aromatic rings. The molecule has 0 saturated heterocycles. The van der Waals surface area contributed by atoms with Crippen LogP contribution in [0.4, 0.5) is 0 Å². The summed E-state index contributed by atoms with van der Waals surface area (Å²) in [6, 6.07) is 33.5. The van der Waals surface area contributed by atoms with Crippen molar-refractivity contribution in [2.45, 2.75) is 43.0 Å². The Morgan fingerprint density at radius 3 is 2.49 bits per heavy atom. The average Bonchev–Trinajstić information content (AvgIpc) is 3.46. The summed E-state index contributed by atoms with van der Waals surface area (Å²) in [6.45, 7) is 2.57. The first-order valence-corrected chi connectivity index (χ1v) is 15.4. The number of carbonyl (C=O) groups excluding carboxylic acids is 1. The van der Waals surface area contributed by atoms with E-state index in [0.717, 1.165) is 47.4 Å². The summed E-state index contributed by atoms with van der Waals surface area (Å²) in [5.74, 6) is 2.13. The van der Waals surface area contributed by atoms with Gasteiger partial charge in [0.25, 0.3) is 5.91 Å². The van der Waals surface area contributed by atoms with Crippen LogP contribution >= 0.6 is 11.8 Å². The maximum absolute atomic E-state index is 12.7. The molecule has 0 bridgehead atoms. The van der Waals surface area contributed by atoms with E-state index in [9.17, 15) is 9.90 Å². The van der Waals surface area contributed by atoms with E-state index in [1.165, 1.54) is 22.8 Å². The Balaban J connectivity index is 1.42. The number of para-hydroxylation sites is 1. The van der Waals surface area contributed by atoms with Crippen molar-refractivity contribution >= 4 is 17.7 Å². The monoisotopic (exact) mass is 592 g/mol. The number of phenols is 1. The molecule has 5 rings (SSSR count). The number of hydrogen-bond donors (Lipinski definition) is 2. The molecule has 7 nitrogen and oxygen atoms in total. The molecule has 4 aromatic carbocycles. The molecular weight excluding hydrogens is 556 g/mol. The summed E-state index contributed by atoms with van der Waals surface area (Å²) in [7, 11) is 1.67. The standard InChI is InChI=1S/C35H36N4O3S/c1-25-11-8-14-27(21-25)24-43-35-38-37-33(39(35)29-16-9-17-30(23-29)42-2)28(22-26-12-4-3-5-13-26)15-10-20-36-34(41)31-18-6-7-19-32(31)40/h3-9,11-14,16-19,21,23,28,40H,10,15,20,22,24H2,1-2H3,(H,36,41). The maximum Gasteiger partial charge on any atom is 0.255 e. The Morgan fingerprint density at radius 2 is 1.70 bits per heavy atom. The number of amides is 1. The number of aromatic nitrogens is 3. The van der Waals surface area contributed by atoms with Crippen molar-refractivity contribution in [3.05, 3.63) is 131 Å². The zero-order valence-electron chi connectivity index (χ0n) is 24.4. The minimum atomic E-state index is -0.285. The SMILES string of the molecule is COc1cccc(-n2c(SCc3cccc(C)c3)nnc2C(CCCNC(=O)c2ccccc2O)Cc2ccccc2)c1. The van der Waals surface area contributed by atoms with Gasteiger partial charge in [-0.15, -0.1) is 10.2 Å². The van der Waals surface area contributed by atoms with Gasteiger partial charge in [-0.1, -0.05) is 90.1 Å². The van der Waals surface area contributed by atoms with Crippen LogP contribution in [0.5, 0.6) is 11.5 Å². The highest BCUT2D eigenvalue weighted by molar-refractivity contribution is 7.98. The van der Waals surface area contributed by atoms with Crippen molar-refractivity contribution in [1.29, 1.82) is 0 Å². The fraction of sp³-hybridized carbons (Fsp3) is 0.229. The highest BCUT2D eigenvalue weighted by Gasteiger charge is 2.24. The Labute approximate surface area is 257 Å². The Morgan fingerprint density at radius 1 is 0.930 bits per heavy atom. The summed E-state index contributed by atoms with van der Waals surface area (Å²) >= 11 is 1.66. The van der Waals surface area contributed by atoms with Crippen molar-refractivity contribution < 1.29 is 14.6 Å². The number of phenolic OH excluding ortho intramolecular Hbond substituents is 1. The van der Waals surface area contributed by atoms with E-state index >= 15 is 0 Å². The molecule has 0 saturated carbocycles. The number of benzene rings is 4. The number of ether oxygens (including phenoxy) is 1. The van der Waals surface area contributed by atoms with Crippen LogP contribution in [0.15, 0.2) is 108 Å². The van der Waals surface area contributed by atoms with Gasteiger partial charge in [0.15, 0.2) is 5.16 Å². The summed E-state index contributed by atoms with van der Waals surface area (Å²) in [5.41, 5.74) is 4.88. The lowest BCUT2D eigenvalue weighted by molar-refractivity contribution is 0.0950. The molecule has 0 radical (unpaired) electrons. The van der Waals surface area contributed by atoms with Crippen molar-refractivity contribution in [2.24, 2.45) is 0 Å². The van der Waals surface area contributed by atoms with E-state index < -0.39 is 0 Å². The van der Waals surface area contributed by atoms with Crippen LogP contribution in [0.3, 0.4) is 0 Å². The fourth-order valence-corrected chi connectivity index (χ4v) is 6.02. The van der Waals surface area contributed by atoms with Gasteiger partial charge in [0.05, 0.1) is 18.4 Å². The molecule has 1 aromatic heterocycles. The third-order valence-electron chi connectivity index (χ3n) is 7.27. The first-order chi connectivity index (χ1) is 21.0. The molecular formula is C35H36N4O3S. The van der Waals surface area contributed by atoms with Gasteiger partial charge in [-0.25, -0.2) is 0 Å². The molecule has 2 N–H and O–H groups in total. The predicted octanol–water partition coefficient (Wildman–Crippen LogP) is 7.12. The normalized spacial score (nSPS) is 11.7. The largest absolute Gasteiger partial charge is 0.507 e. The molecule has 43 heavy (non-hydrogen) atoms. The molecule has 0 spiro atoms. The zero-order chi connectivity index (χ0) is 30.0. The van der Waals surface area contributed by atoms with Crippen molar-refractivity contribution in [3.63, 3.8) is 0 Å². The van der Waals surface area contributed by atoms with Crippen LogP contribution in [0, 0.1) is 6.92 Å². The third kappa shape index (κ3) is 7.84.